The fourth-order valence-corrected chi connectivity index (χ4v) is 4.50. The normalized spacial score (nSPS) is 23.2. The maximum atomic E-state index is 13.6. The standard InChI is InChI=1S/C25H34FN5O6/c1-14-11-15(7-8-16(14)26)12-27-21(33)18-19(32)22(34)31-13-25(2,37-6)10-9-17(20(31)28-18)30(5)24(36)23(35)29(3)4/h8,11,15,17,32H,7,9-10,12-13H2,1-6H3,(H,27,33)/t15?,17?,25-/m1/s1. The van der Waals surface area contributed by atoms with E-state index in [0.29, 0.717) is 18.4 Å². The van der Waals surface area contributed by atoms with Gasteiger partial charge in [-0.3, -0.25) is 23.7 Å². The van der Waals surface area contributed by atoms with E-state index in [4.69, 9.17) is 4.74 Å². The molecule has 0 radical (unpaired) electrons. The molecule has 37 heavy (non-hydrogen) atoms. The number of aromatic nitrogens is 2. The van der Waals surface area contributed by atoms with Crippen LogP contribution in [0, 0.1) is 5.92 Å². The van der Waals surface area contributed by atoms with Crippen LogP contribution in [0.25, 0.3) is 0 Å². The van der Waals surface area contributed by atoms with Crippen LogP contribution in [0.3, 0.4) is 0 Å². The maximum absolute atomic E-state index is 13.6. The smallest absolute Gasteiger partial charge is 0.312 e. The lowest BCUT2D eigenvalue weighted by molar-refractivity contribution is -0.151. The highest BCUT2D eigenvalue weighted by Gasteiger charge is 2.39. The lowest BCUT2D eigenvalue weighted by atomic mass is 9.96. The molecule has 1 aromatic heterocycles. The monoisotopic (exact) mass is 519 g/mol. The van der Waals surface area contributed by atoms with Gasteiger partial charge in [-0.15, -0.1) is 0 Å². The number of ether oxygens (including phenoxy) is 1. The number of aromatic hydroxyl groups is 1. The minimum atomic E-state index is -0.858. The molecule has 11 nitrogen and oxygen atoms in total. The zero-order valence-corrected chi connectivity index (χ0v) is 22.0. The molecule has 2 aliphatic rings. The number of nitrogens with zero attached hydrogens (tertiary/aromatic N) is 4. The zero-order valence-electron chi connectivity index (χ0n) is 22.0. The molecule has 1 aromatic rings. The van der Waals surface area contributed by atoms with Crippen LogP contribution < -0.4 is 10.9 Å². The van der Waals surface area contributed by atoms with Crippen molar-refractivity contribution >= 4 is 17.7 Å². The summed E-state index contributed by atoms with van der Waals surface area (Å²) >= 11 is 0. The highest BCUT2D eigenvalue weighted by molar-refractivity contribution is 6.34. The van der Waals surface area contributed by atoms with Gasteiger partial charge in [0.15, 0.2) is 5.69 Å². The second-order valence-corrected chi connectivity index (χ2v) is 9.99. The SMILES string of the molecule is CO[C@]1(C)CCC(N(C)C(=O)C(=O)N(C)C)c2nc(C(=O)NCC3C=C(C)C(F)=CC3)c(O)c(=O)n2C1. The highest BCUT2D eigenvalue weighted by Crippen LogP contribution is 2.34. The van der Waals surface area contributed by atoms with E-state index in [1.165, 1.54) is 43.8 Å². The highest BCUT2D eigenvalue weighted by atomic mass is 19.1. The van der Waals surface area contributed by atoms with Gasteiger partial charge in [-0.2, -0.15) is 0 Å². The number of fused-ring (bicyclic) bond motifs is 1. The number of allylic oxidation sites excluding steroid dienone is 3. The van der Waals surface area contributed by atoms with Gasteiger partial charge in [0.25, 0.3) is 11.5 Å². The molecule has 0 saturated heterocycles. The van der Waals surface area contributed by atoms with E-state index in [0.717, 1.165) is 4.90 Å². The third kappa shape index (κ3) is 5.74. The second kappa shape index (κ2) is 10.8. The van der Waals surface area contributed by atoms with Gasteiger partial charge in [-0.25, -0.2) is 9.37 Å². The van der Waals surface area contributed by atoms with Gasteiger partial charge in [0, 0.05) is 34.8 Å². The first-order valence-electron chi connectivity index (χ1n) is 12.0. The molecule has 0 spiro atoms. The quantitative estimate of drug-likeness (QED) is 0.560. The molecule has 3 rings (SSSR count). The number of halogens is 1. The van der Waals surface area contributed by atoms with Gasteiger partial charge in [0.1, 0.15) is 11.7 Å². The molecular weight excluding hydrogens is 485 g/mol. The number of hydrogen-bond acceptors (Lipinski definition) is 7. The molecule has 0 aromatic carbocycles. The van der Waals surface area contributed by atoms with E-state index in [2.05, 4.69) is 10.3 Å². The molecule has 0 bridgehead atoms. The number of nitrogens with one attached hydrogen (secondary N) is 1. The third-order valence-electron chi connectivity index (χ3n) is 6.98. The summed E-state index contributed by atoms with van der Waals surface area (Å²) in [7, 11) is 5.82. The number of hydrogen-bond donors (Lipinski definition) is 2. The number of carbonyl (C=O) groups excluding carboxylic acids is 3. The van der Waals surface area contributed by atoms with Crippen molar-refractivity contribution in [3.8, 4) is 5.75 Å². The van der Waals surface area contributed by atoms with E-state index in [-0.39, 0.29) is 37.1 Å². The van der Waals surface area contributed by atoms with Crippen LogP contribution in [0.2, 0.25) is 0 Å². The summed E-state index contributed by atoms with van der Waals surface area (Å²) in [6.45, 7) is 3.57. The van der Waals surface area contributed by atoms with Crippen LogP contribution >= 0.6 is 0 Å². The summed E-state index contributed by atoms with van der Waals surface area (Å²) in [5, 5.41) is 13.3. The van der Waals surface area contributed by atoms with Crippen molar-refractivity contribution in [3.63, 3.8) is 0 Å². The molecule has 12 heteroatoms. The summed E-state index contributed by atoms with van der Waals surface area (Å²) in [5.41, 5.74) is -1.70. The fraction of sp³-hybridized carbons (Fsp3) is 0.560. The predicted molar refractivity (Wildman–Crippen MR) is 132 cm³/mol. The minimum absolute atomic E-state index is 0.0182. The van der Waals surface area contributed by atoms with Crippen molar-refractivity contribution in [2.75, 3.05) is 34.8 Å². The van der Waals surface area contributed by atoms with Gasteiger partial charge >= 0.3 is 11.8 Å². The average molecular weight is 520 g/mol. The van der Waals surface area contributed by atoms with Gasteiger partial charge in [0.2, 0.25) is 5.75 Å². The first-order valence-corrected chi connectivity index (χ1v) is 12.0. The van der Waals surface area contributed by atoms with E-state index in [1.54, 1.807) is 19.9 Å². The second-order valence-electron chi connectivity index (χ2n) is 9.99. The van der Waals surface area contributed by atoms with Gasteiger partial charge in [-0.05, 0) is 50.7 Å². The third-order valence-corrected chi connectivity index (χ3v) is 6.98. The summed E-state index contributed by atoms with van der Waals surface area (Å²) in [6.07, 6.45) is 4.23. The van der Waals surface area contributed by atoms with Gasteiger partial charge in [0.05, 0.1) is 18.2 Å². The van der Waals surface area contributed by atoms with Crippen molar-refractivity contribution in [2.24, 2.45) is 5.92 Å². The molecule has 1 aliphatic carbocycles. The fourth-order valence-electron chi connectivity index (χ4n) is 4.50. The minimum Gasteiger partial charge on any atom is -0.501 e. The lowest BCUT2D eigenvalue weighted by Gasteiger charge is -2.28. The van der Waals surface area contributed by atoms with Crippen LogP contribution in [0.15, 0.2) is 28.3 Å². The molecular formula is C25H34FN5O6. The summed E-state index contributed by atoms with van der Waals surface area (Å²) in [5.74, 6) is -3.59. The molecule has 3 amide bonds. The number of carbonyl (C=O) groups is 3. The van der Waals surface area contributed by atoms with Crippen molar-refractivity contribution in [1.29, 1.82) is 0 Å². The Balaban J connectivity index is 2.00. The van der Waals surface area contributed by atoms with E-state index >= 15 is 0 Å². The summed E-state index contributed by atoms with van der Waals surface area (Å²) < 4.78 is 20.4. The Kier molecular flexibility index (Phi) is 8.21. The Morgan fingerprint density at radius 2 is 1.97 bits per heavy atom. The number of amides is 3. The predicted octanol–water partition coefficient (Wildman–Crippen LogP) is 1.28. The van der Waals surface area contributed by atoms with Crippen LogP contribution in [-0.4, -0.2) is 82.6 Å². The molecule has 1 aliphatic heterocycles. The molecule has 2 unspecified atom stereocenters. The molecule has 0 fully saturated rings. The lowest BCUT2D eigenvalue weighted by Crippen LogP contribution is -2.44. The molecule has 202 valence electrons. The first kappa shape index (κ1) is 28.0. The van der Waals surface area contributed by atoms with Gasteiger partial charge in [-0.1, -0.05) is 6.08 Å². The first-order chi connectivity index (χ1) is 17.3. The Bertz CT molecular complexity index is 1220. The van der Waals surface area contributed by atoms with Crippen molar-refractivity contribution in [2.45, 2.75) is 51.3 Å². The molecule has 2 N–H and O–H groups in total. The topological polar surface area (TPSA) is 134 Å². The zero-order chi connectivity index (χ0) is 27.7. The van der Waals surface area contributed by atoms with E-state index < -0.39 is 46.4 Å². The van der Waals surface area contributed by atoms with Crippen LogP contribution in [0.5, 0.6) is 5.75 Å². The maximum Gasteiger partial charge on any atom is 0.312 e. The Morgan fingerprint density at radius 1 is 1.30 bits per heavy atom. The van der Waals surface area contributed by atoms with Crippen LogP contribution in [0.4, 0.5) is 4.39 Å². The summed E-state index contributed by atoms with van der Waals surface area (Å²) in [6, 6.07) is -0.842. The Morgan fingerprint density at radius 3 is 2.57 bits per heavy atom. The number of methoxy groups -OCH3 is 1. The molecule has 3 atom stereocenters. The van der Waals surface area contributed by atoms with Crippen LogP contribution in [-0.2, 0) is 20.9 Å². The molecule has 2 heterocycles. The average Bonchev–Trinajstić information content (AvgIpc) is 3.02. The number of likely N-dealkylation sites (N-methyl/N-ethyl adjacent to an activating group) is 2. The van der Waals surface area contributed by atoms with Gasteiger partial charge < -0.3 is 25.0 Å². The van der Waals surface area contributed by atoms with E-state index in [9.17, 15) is 28.7 Å². The number of rotatable bonds is 5. The van der Waals surface area contributed by atoms with E-state index in [1.807, 2.05) is 0 Å². The Labute approximate surface area is 214 Å². The largest absolute Gasteiger partial charge is 0.501 e. The Hall–Kier alpha value is -3.54. The van der Waals surface area contributed by atoms with Crippen LogP contribution in [0.1, 0.15) is 55.5 Å². The van der Waals surface area contributed by atoms with Crippen molar-refractivity contribution < 1.29 is 28.6 Å². The molecule has 0 saturated carbocycles. The van der Waals surface area contributed by atoms with Crippen molar-refractivity contribution in [1.82, 2.24) is 24.7 Å². The summed E-state index contributed by atoms with van der Waals surface area (Å²) in [4.78, 5) is 58.2. The van der Waals surface area contributed by atoms with Crippen molar-refractivity contribution in [3.05, 3.63) is 45.4 Å².